The lowest BCUT2D eigenvalue weighted by Gasteiger charge is -2.07. The maximum Gasteiger partial charge on any atom is 0.232 e. The average Bonchev–Trinajstić information content (AvgIpc) is 2.08. The fourth-order valence-electron chi connectivity index (χ4n) is 1.10. The first-order valence-corrected chi connectivity index (χ1v) is 5.51. The number of carbonyl (C=O) groups excluding carboxylic acids is 2. The van der Waals surface area contributed by atoms with Gasteiger partial charge in [0.15, 0.2) is 5.12 Å². The highest BCUT2D eigenvalue weighted by Crippen LogP contribution is 2.20. The summed E-state index contributed by atoms with van der Waals surface area (Å²) in [6.45, 7) is 1.88. The SMILES string of the molecule is Cc1cc(Br)ccc1NC(=O)CC(=O)S. The van der Waals surface area contributed by atoms with Crippen molar-refractivity contribution >= 4 is 45.3 Å². The fourth-order valence-corrected chi connectivity index (χ4v) is 1.72. The molecular weight excluding hydrogens is 278 g/mol. The summed E-state index contributed by atoms with van der Waals surface area (Å²) in [6.07, 6.45) is -0.210. The predicted octanol–water partition coefficient (Wildman–Crippen LogP) is 2.54. The van der Waals surface area contributed by atoms with Crippen LogP contribution < -0.4 is 5.32 Å². The van der Waals surface area contributed by atoms with Crippen molar-refractivity contribution in [1.29, 1.82) is 0 Å². The zero-order valence-corrected chi connectivity index (χ0v) is 10.6. The fraction of sp³-hybridized carbons (Fsp3) is 0.200. The molecule has 3 nitrogen and oxygen atoms in total. The summed E-state index contributed by atoms with van der Waals surface area (Å²) < 4.78 is 0.947. The van der Waals surface area contributed by atoms with E-state index in [1.54, 1.807) is 6.07 Å². The first kappa shape index (κ1) is 12.3. The second kappa shape index (κ2) is 5.32. The van der Waals surface area contributed by atoms with E-state index in [2.05, 4.69) is 33.9 Å². The van der Waals surface area contributed by atoms with Gasteiger partial charge in [-0.15, -0.1) is 12.6 Å². The Bertz CT molecular complexity index is 406. The van der Waals surface area contributed by atoms with Crippen LogP contribution in [-0.2, 0) is 9.59 Å². The maximum absolute atomic E-state index is 11.3. The van der Waals surface area contributed by atoms with E-state index >= 15 is 0 Å². The van der Waals surface area contributed by atoms with E-state index in [0.29, 0.717) is 5.69 Å². The van der Waals surface area contributed by atoms with Gasteiger partial charge in [0, 0.05) is 10.2 Å². The molecule has 0 heterocycles. The molecule has 1 aromatic carbocycles. The molecule has 1 N–H and O–H groups in total. The highest BCUT2D eigenvalue weighted by atomic mass is 79.9. The molecule has 0 saturated carbocycles. The predicted molar refractivity (Wildman–Crippen MR) is 66.1 cm³/mol. The van der Waals surface area contributed by atoms with Gasteiger partial charge in [0.2, 0.25) is 5.91 Å². The summed E-state index contributed by atoms with van der Waals surface area (Å²) in [4.78, 5) is 21.8. The number of carbonyl (C=O) groups is 2. The van der Waals surface area contributed by atoms with Crippen molar-refractivity contribution < 1.29 is 9.59 Å². The number of aryl methyl sites for hydroxylation is 1. The van der Waals surface area contributed by atoms with Crippen LogP contribution in [0.25, 0.3) is 0 Å². The lowest BCUT2D eigenvalue weighted by molar-refractivity contribution is -0.121. The molecule has 0 unspecified atom stereocenters. The number of thiol groups is 1. The number of halogens is 1. The molecule has 1 amide bonds. The summed E-state index contributed by atoms with van der Waals surface area (Å²) in [7, 11) is 0. The van der Waals surface area contributed by atoms with E-state index in [1.807, 2.05) is 19.1 Å². The maximum atomic E-state index is 11.3. The van der Waals surface area contributed by atoms with Gasteiger partial charge in [0.1, 0.15) is 0 Å². The Morgan fingerprint density at radius 2 is 2.13 bits per heavy atom. The zero-order chi connectivity index (χ0) is 11.4. The smallest absolute Gasteiger partial charge is 0.232 e. The minimum Gasteiger partial charge on any atom is -0.325 e. The topological polar surface area (TPSA) is 46.2 Å². The normalized spacial score (nSPS) is 9.80. The van der Waals surface area contributed by atoms with Crippen LogP contribution in [0.5, 0.6) is 0 Å². The molecule has 0 bridgehead atoms. The van der Waals surface area contributed by atoms with Crippen molar-refractivity contribution in [2.75, 3.05) is 5.32 Å². The van der Waals surface area contributed by atoms with Crippen LogP contribution in [0, 0.1) is 6.92 Å². The largest absolute Gasteiger partial charge is 0.325 e. The molecule has 0 aliphatic carbocycles. The Kier molecular flexibility index (Phi) is 4.35. The number of hydrogen-bond donors (Lipinski definition) is 2. The second-order valence-corrected chi connectivity index (χ2v) is 4.49. The van der Waals surface area contributed by atoms with Crippen molar-refractivity contribution in [3.8, 4) is 0 Å². The van der Waals surface area contributed by atoms with E-state index in [9.17, 15) is 9.59 Å². The van der Waals surface area contributed by atoms with E-state index in [0.717, 1.165) is 10.0 Å². The molecule has 15 heavy (non-hydrogen) atoms. The Labute approximate surface area is 102 Å². The van der Waals surface area contributed by atoms with Crippen molar-refractivity contribution in [2.24, 2.45) is 0 Å². The molecule has 0 aromatic heterocycles. The van der Waals surface area contributed by atoms with Gasteiger partial charge in [-0.05, 0) is 30.7 Å². The van der Waals surface area contributed by atoms with E-state index in [1.165, 1.54) is 0 Å². The minimum absolute atomic E-state index is 0.210. The molecule has 0 radical (unpaired) electrons. The average molecular weight is 288 g/mol. The van der Waals surface area contributed by atoms with Crippen LogP contribution in [0.2, 0.25) is 0 Å². The Morgan fingerprint density at radius 1 is 1.47 bits per heavy atom. The molecule has 5 heteroatoms. The summed E-state index contributed by atoms with van der Waals surface area (Å²) >= 11 is 6.86. The standard InChI is InChI=1S/C10H10BrNO2S/c1-6-4-7(11)2-3-8(6)12-9(13)5-10(14)15/h2-4H,5H2,1H3,(H,12,13)(H,14,15). The van der Waals surface area contributed by atoms with Crippen molar-refractivity contribution in [3.63, 3.8) is 0 Å². The number of hydrogen-bond acceptors (Lipinski definition) is 2. The number of benzene rings is 1. The molecule has 0 saturated heterocycles. The van der Waals surface area contributed by atoms with Gasteiger partial charge in [-0.3, -0.25) is 9.59 Å². The third kappa shape index (κ3) is 4.05. The first-order valence-electron chi connectivity index (χ1n) is 4.27. The van der Waals surface area contributed by atoms with Gasteiger partial charge in [-0.2, -0.15) is 0 Å². The van der Waals surface area contributed by atoms with Gasteiger partial charge in [-0.1, -0.05) is 15.9 Å². The van der Waals surface area contributed by atoms with Gasteiger partial charge in [-0.25, -0.2) is 0 Å². The number of nitrogens with one attached hydrogen (secondary N) is 1. The first-order chi connectivity index (χ1) is 6.99. The number of amides is 1. The summed E-state index contributed by atoms with van der Waals surface area (Å²) in [5, 5.41) is 2.20. The van der Waals surface area contributed by atoms with Crippen molar-refractivity contribution in [1.82, 2.24) is 0 Å². The van der Waals surface area contributed by atoms with Gasteiger partial charge in [0.05, 0.1) is 6.42 Å². The van der Waals surface area contributed by atoms with Crippen molar-refractivity contribution in [3.05, 3.63) is 28.2 Å². The van der Waals surface area contributed by atoms with Crippen LogP contribution in [0.4, 0.5) is 5.69 Å². The summed E-state index contributed by atoms with van der Waals surface area (Å²) in [6, 6.07) is 5.49. The van der Waals surface area contributed by atoms with E-state index in [-0.39, 0.29) is 12.3 Å². The van der Waals surface area contributed by atoms with Crippen LogP contribution in [0.3, 0.4) is 0 Å². The molecular formula is C10H10BrNO2S. The zero-order valence-electron chi connectivity index (χ0n) is 8.08. The molecule has 80 valence electrons. The monoisotopic (exact) mass is 287 g/mol. The lowest BCUT2D eigenvalue weighted by atomic mass is 10.2. The highest BCUT2D eigenvalue weighted by Gasteiger charge is 2.07. The molecule has 0 aliphatic heterocycles. The molecule has 0 spiro atoms. The van der Waals surface area contributed by atoms with Gasteiger partial charge in [0.25, 0.3) is 0 Å². The minimum atomic E-state index is -0.442. The highest BCUT2D eigenvalue weighted by molar-refractivity contribution is 9.10. The molecule has 1 rings (SSSR count). The van der Waals surface area contributed by atoms with Gasteiger partial charge < -0.3 is 5.32 Å². The summed E-state index contributed by atoms with van der Waals surface area (Å²) in [5.74, 6) is -0.347. The Morgan fingerprint density at radius 3 is 2.67 bits per heavy atom. The molecule has 0 fully saturated rings. The van der Waals surface area contributed by atoms with Crippen LogP contribution >= 0.6 is 28.6 Å². The number of rotatable bonds is 3. The Hall–Kier alpha value is -0.810. The summed E-state index contributed by atoms with van der Waals surface area (Å²) in [5.41, 5.74) is 1.64. The van der Waals surface area contributed by atoms with Crippen LogP contribution in [0.15, 0.2) is 22.7 Å². The van der Waals surface area contributed by atoms with Gasteiger partial charge >= 0.3 is 0 Å². The third-order valence-electron chi connectivity index (χ3n) is 1.77. The van der Waals surface area contributed by atoms with Crippen LogP contribution in [-0.4, -0.2) is 11.0 Å². The van der Waals surface area contributed by atoms with Crippen LogP contribution in [0.1, 0.15) is 12.0 Å². The molecule has 1 aromatic rings. The second-order valence-electron chi connectivity index (χ2n) is 3.08. The quantitative estimate of drug-likeness (QED) is 0.663. The molecule has 0 atom stereocenters. The van der Waals surface area contributed by atoms with Crippen molar-refractivity contribution in [2.45, 2.75) is 13.3 Å². The number of anilines is 1. The van der Waals surface area contributed by atoms with E-state index < -0.39 is 5.12 Å². The Balaban J connectivity index is 2.72. The third-order valence-corrected chi connectivity index (χ3v) is 2.43. The van der Waals surface area contributed by atoms with E-state index in [4.69, 9.17) is 0 Å². The molecule has 0 aliphatic rings. The lowest BCUT2D eigenvalue weighted by Crippen LogP contribution is -2.14.